The van der Waals surface area contributed by atoms with Crippen molar-refractivity contribution in [3.63, 3.8) is 0 Å². The van der Waals surface area contributed by atoms with Gasteiger partial charge < -0.3 is 9.80 Å². The zero-order valence-electron chi connectivity index (χ0n) is 12.9. The van der Waals surface area contributed by atoms with Gasteiger partial charge in [-0.05, 0) is 18.4 Å². The van der Waals surface area contributed by atoms with Gasteiger partial charge >= 0.3 is 0 Å². The van der Waals surface area contributed by atoms with Crippen LogP contribution in [0.1, 0.15) is 20.3 Å². The van der Waals surface area contributed by atoms with Crippen LogP contribution in [0.25, 0.3) is 0 Å². The molecule has 0 radical (unpaired) electrons. The summed E-state index contributed by atoms with van der Waals surface area (Å²) >= 11 is 23.3. The van der Waals surface area contributed by atoms with Crippen molar-refractivity contribution in [2.45, 2.75) is 36.0 Å². The molecule has 1 aliphatic rings. The Morgan fingerprint density at radius 3 is 2.09 bits per heavy atom. The van der Waals surface area contributed by atoms with Crippen LogP contribution in [-0.2, 0) is 9.59 Å². The van der Waals surface area contributed by atoms with Crippen molar-refractivity contribution in [2.24, 2.45) is 11.8 Å². The summed E-state index contributed by atoms with van der Waals surface area (Å²) in [5, 5.41) is 0. The van der Waals surface area contributed by atoms with E-state index in [1.807, 2.05) is 6.92 Å². The first-order valence-electron chi connectivity index (χ1n) is 6.90. The third-order valence-corrected chi connectivity index (χ3v) is 5.48. The van der Waals surface area contributed by atoms with E-state index in [1.54, 1.807) is 27.1 Å². The molecule has 0 aliphatic carbocycles. The Morgan fingerprint density at radius 2 is 1.64 bits per heavy atom. The lowest BCUT2D eigenvalue weighted by atomic mass is 9.97. The normalized spacial score (nSPS) is 24.6. The number of allylic oxidation sites excluding steroid dienone is 1. The average molecular weight is 390 g/mol. The van der Waals surface area contributed by atoms with Crippen LogP contribution >= 0.6 is 46.4 Å². The second-order valence-electron chi connectivity index (χ2n) is 5.62. The van der Waals surface area contributed by atoms with Crippen LogP contribution in [0.2, 0.25) is 0 Å². The summed E-state index contributed by atoms with van der Waals surface area (Å²) in [6.07, 6.45) is 2.02. The second kappa shape index (κ2) is 8.09. The van der Waals surface area contributed by atoms with E-state index in [4.69, 9.17) is 46.4 Å². The van der Waals surface area contributed by atoms with E-state index in [1.165, 1.54) is 9.80 Å². The molecule has 1 fully saturated rings. The monoisotopic (exact) mass is 388 g/mol. The molecule has 0 aromatic rings. The lowest BCUT2D eigenvalue weighted by Gasteiger charge is -2.39. The largest absolute Gasteiger partial charge is 0.328 e. The highest BCUT2D eigenvalue weighted by Gasteiger charge is 2.40. The minimum Gasteiger partial charge on any atom is -0.328 e. The number of rotatable bonds is 5. The zero-order valence-corrected chi connectivity index (χ0v) is 15.9. The van der Waals surface area contributed by atoms with Crippen molar-refractivity contribution < 1.29 is 9.59 Å². The molecule has 1 aliphatic heterocycles. The molecule has 0 N–H and O–H groups in total. The number of hydrogen-bond acceptors (Lipinski definition) is 2. The molecule has 0 saturated carbocycles. The fourth-order valence-electron chi connectivity index (χ4n) is 2.19. The number of amides is 2. The fourth-order valence-corrected chi connectivity index (χ4v) is 2.54. The van der Waals surface area contributed by atoms with Gasteiger partial charge in [-0.3, -0.25) is 9.59 Å². The molecular weight excluding hydrogens is 370 g/mol. The number of nitrogens with zero attached hydrogens (tertiary/aromatic N) is 2. The van der Waals surface area contributed by atoms with Gasteiger partial charge in [-0.2, -0.15) is 0 Å². The van der Waals surface area contributed by atoms with E-state index < -0.39 is 15.7 Å². The maximum atomic E-state index is 12.5. The zero-order chi connectivity index (χ0) is 17.2. The van der Waals surface area contributed by atoms with Gasteiger partial charge in [0.25, 0.3) is 5.91 Å². The van der Waals surface area contributed by atoms with E-state index in [0.29, 0.717) is 6.42 Å². The molecule has 22 heavy (non-hydrogen) atoms. The third-order valence-electron chi connectivity index (χ3n) is 3.83. The number of alkyl halides is 4. The highest BCUT2D eigenvalue weighted by atomic mass is 35.5. The number of carbonyl (C=O) groups is 2. The van der Waals surface area contributed by atoms with Crippen molar-refractivity contribution in [1.82, 2.24) is 9.80 Å². The van der Waals surface area contributed by atoms with Gasteiger partial charge in [0.05, 0.1) is 0 Å². The molecule has 0 bridgehead atoms. The third kappa shape index (κ3) is 4.44. The minimum atomic E-state index is -0.653. The number of halogens is 4. The smallest absolute Gasteiger partial charge is 0.270 e. The Balaban J connectivity index is 3.02. The minimum absolute atomic E-state index is 0.111. The average Bonchev–Trinajstić information content (AvgIpc) is 2.45. The Bertz CT molecular complexity index is 468. The second-order valence-corrected chi connectivity index (χ2v) is 7.95. The summed E-state index contributed by atoms with van der Waals surface area (Å²) in [4.78, 5) is 26.6. The van der Waals surface area contributed by atoms with Gasteiger partial charge in [-0.15, -0.1) is 46.4 Å². The van der Waals surface area contributed by atoms with Gasteiger partial charge in [0.2, 0.25) is 5.91 Å². The molecule has 1 heterocycles. The molecule has 126 valence electrons. The summed E-state index contributed by atoms with van der Waals surface area (Å²) in [5.41, 5.74) is 0.281. The lowest BCUT2D eigenvalue weighted by Crippen LogP contribution is -2.56. The van der Waals surface area contributed by atoms with Crippen molar-refractivity contribution in [2.75, 3.05) is 14.1 Å². The highest BCUT2D eigenvalue weighted by molar-refractivity contribution is 6.44. The first-order valence-corrected chi connectivity index (χ1v) is 8.65. The number of hydrogen-bond donors (Lipinski definition) is 0. The summed E-state index contributed by atoms with van der Waals surface area (Å²) in [6.45, 7) is 3.62. The van der Waals surface area contributed by atoms with Crippen molar-refractivity contribution in [1.29, 1.82) is 0 Å². The molecule has 1 rings (SSSR count). The molecule has 0 unspecified atom stereocenters. The summed E-state index contributed by atoms with van der Waals surface area (Å²) in [7, 11) is 3.17. The Kier molecular flexibility index (Phi) is 7.31. The van der Waals surface area contributed by atoms with Crippen LogP contribution in [0.15, 0.2) is 11.8 Å². The van der Waals surface area contributed by atoms with Gasteiger partial charge in [-0.25, -0.2) is 0 Å². The Morgan fingerprint density at radius 1 is 1.09 bits per heavy atom. The van der Waals surface area contributed by atoms with Crippen molar-refractivity contribution in [3.05, 3.63) is 11.8 Å². The predicted molar refractivity (Wildman–Crippen MR) is 91.3 cm³/mol. The summed E-state index contributed by atoms with van der Waals surface area (Å²) in [5.74, 6) is -0.792. The highest BCUT2D eigenvalue weighted by Crippen LogP contribution is 2.28. The molecule has 0 spiro atoms. The standard InChI is InChI=1S/C14H20Cl4N2O2/c1-7(11(15)16)5-9-13(21)20(4)10(14(22)19(9)3)6-8(2)12(17)18/h5,7-8,10-12H,6H2,1-4H3/b9-5+/t7-,8-,10-/m0/s1. The van der Waals surface area contributed by atoms with E-state index in [9.17, 15) is 9.59 Å². The Labute approximate surface area is 151 Å². The van der Waals surface area contributed by atoms with Crippen LogP contribution in [-0.4, -0.2) is 51.4 Å². The summed E-state index contributed by atoms with van der Waals surface area (Å²) < 4.78 is 0. The maximum Gasteiger partial charge on any atom is 0.270 e. The molecular formula is C14H20Cl4N2O2. The SMILES string of the molecule is C[C@@H](/C=C1\C(=O)N(C)[C@@H](C[C@H](C)C(Cl)Cl)C(=O)N1C)C(Cl)Cl. The predicted octanol–water partition coefficient (Wildman–Crippen LogP) is 3.44. The van der Waals surface area contributed by atoms with Crippen LogP contribution in [0.5, 0.6) is 0 Å². The molecule has 8 heteroatoms. The molecule has 0 aromatic carbocycles. The first-order chi connectivity index (χ1) is 10.1. The quantitative estimate of drug-likeness (QED) is 0.533. The lowest BCUT2D eigenvalue weighted by molar-refractivity contribution is -0.149. The van der Waals surface area contributed by atoms with Crippen LogP contribution in [0.3, 0.4) is 0 Å². The van der Waals surface area contributed by atoms with Gasteiger partial charge in [0, 0.05) is 20.0 Å². The van der Waals surface area contributed by atoms with Crippen LogP contribution < -0.4 is 0 Å². The Hall–Kier alpha value is -0.160. The van der Waals surface area contributed by atoms with E-state index in [-0.39, 0.29) is 29.3 Å². The van der Waals surface area contributed by atoms with Crippen LogP contribution in [0.4, 0.5) is 0 Å². The molecule has 1 saturated heterocycles. The molecule has 4 nitrogen and oxygen atoms in total. The van der Waals surface area contributed by atoms with Gasteiger partial charge in [0.15, 0.2) is 0 Å². The topological polar surface area (TPSA) is 40.6 Å². The fraction of sp³-hybridized carbons (Fsp3) is 0.714. The van der Waals surface area contributed by atoms with Crippen molar-refractivity contribution >= 4 is 58.2 Å². The van der Waals surface area contributed by atoms with Gasteiger partial charge in [-0.1, -0.05) is 13.8 Å². The van der Waals surface area contributed by atoms with E-state index in [0.717, 1.165) is 0 Å². The molecule has 2 amide bonds. The van der Waals surface area contributed by atoms with E-state index in [2.05, 4.69) is 0 Å². The summed E-state index contributed by atoms with van der Waals surface area (Å²) in [6, 6.07) is -0.581. The van der Waals surface area contributed by atoms with Gasteiger partial charge in [0.1, 0.15) is 21.4 Å². The number of likely N-dealkylation sites (N-methyl/N-ethyl adjacent to an activating group) is 2. The number of carbonyl (C=O) groups excluding carboxylic acids is 2. The first kappa shape index (κ1) is 19.9. The molecule has 3 atom stereocenters. The maximum absolute atomic E-state index is 12.5. The van der Waals surface area contributed by atoms with Crippen LogP contribution in [0, 0.1) is 11.8 Å². The van der Waals surface area contributed by atoms with E-state index >= 15 is 0 Å². The number of piperazine rings is 1. The molecule has 0 aromatic heterocycles. The van der Waals surface area contributed by atoms with Crippen molar-refractivity contribution in [3.8, 4) is 0 Å².